The van der Waals surface area contributed by atoms with Gasteiger partial charge < -0.3 is 14.5 Å². The number of aromatic amines is 1. The van der Waals surface area contributed by atoms with Gasteiger partial charge in [0, 0.05) is 23.5 Å². The zero-order chi connectivity index (χ0) is 14.2. The fourth-order valence-electron chi connectivity index (χ4n) is 2.25. The number of H-pyrrole nitrogens is 1. The minimum absolute atomic E-state index is 0.0466. The quantitative estimate of drug-likeness (QED) is 0.755. The Kier molecular flexibility index (Phi) is 2.75. The van der Waals surface area contributed by atoms with Crippen LogP contribution in [0.3, 0.4) is 0 Å². The lowest BCUT2D eigenvalue weighted by atomic mass is 10.1. The molecule has 2 aromatic heterocycles. The SMILES string of the molecule is O=C(c1ccc2c(c1)OCO2)c1sccc1-c1ncc[nH]1. The molecule has 1 aliphatic heterocycles. The number of thiophene rings is 1. The van der Waals surface area contributed by atoms with E-state index in [1.54, 1.807) is 30.6 Å². The van der Waals surface area contributed by atoms with Crippen molar-refractivity contribution < 1.29 is 14.3 Å². The van der Waals surface area contributed by atoms with Crippen LogP contribution in [0.5, 0.6) is 11.5 Å². The lowest BCUT2D eigenvalue weighted by Gasteiger charge is -2.03. The Labute approximate surface area is 124 Å². The van der Waals surface area contributed by atoms with E-state index in [4.69, 9.17) is 9.47 Å². The number of carbonyl (C=O) groups is 1. The van der Waals surface area contributed by atoms with Crippen LogP contribution in [-0.2, 0) is 0 Å². The highest BCUT2D eigenvalue weighted by Crippen LogP contribution is 2.34. The van der Waals surface area contributed by atoms with Crippen molar-refractivity contribution in [2.75, 3.05) is 6.79 Å². The summed E-state index contributed by atoms with van der Waals surface area (Å²) in [6.07, 6.45) is 3.41. The fourth-order valence-corrected chi connectivity index (χ4v) is 3.11. The van der Waals surface area contributed by atoms with Crippen LogP contribution in [0.4, 0.5) is 0 Å². The van der Waals surface area contributed by atoms with Gasteiger partial charge in [0.25, 0.3) is 0 Å². The van der Waals surface area contributed by atoms with E-state index in [-0.39, 0.29) is 12.6 Å². The van der Waals surface area contributed by atoms with E-state index in [9.17, 15) is 4.79 Å². The average molecular weight is 298 g/mol. The molecule has 0 saturated heterocycles. The van der Waals surface area contributed by atoms with Crippen molar-refractivity contribution in [1.29, 1.82) is 0 Å². The van der Waals surface area contributed by atoms with Gasteiger partial charge in [-0.3, -0.25) is 4.79 Å². The lowest BCUT2D eigenvalue weighted by molar-refractivity contribution is 0.104. The summed E-state index contributed by atoms with van der Waals surface area (Å²) in [4.78, 5) is 20.6. The van der Waals surface area contributed by atoms with Gasteiger partial charge in [-0.1, -0.05) is 0 Å². The molecular weight excluding hydrogens is 288 g/mol. The molecule has 4 rings (SSSR count). The largest absolute Gasteiger partial charge is 0.454 e. The van der Waals surface area contributed by atoms with E-state index >= 15 is 0 Å². The summed E-state index contributed by atoms with van der Waals surface area (Å²) >= 11 is 1.40. The molecule has 5 nitrogen and oxygen atoms in total. The van der Waals surface area contributed by atoms with Crippen LogP contribution < -0.4 is 9.47 Å². The van der Waals surface area contributed by atoms with Crippen LogP contribution >= 0.6 is 11.3 Å². The number of ether oxygens (including phenoxy) is 2. The Morgan fingerprint density at radius 1 is 1.24 bits per heavy atom. The molecule has 0 spiro atoms. The van der Waals surface area contributed by atoms with E-state index in [1.165, 1.54) is 11.3 Å². The van der Waals surface area contributed by atoms with Gasteiger partial charge in [-0.05, 0) is 29.6 Å². The molecule has 1 aromatic carbocycles. The van der Waals surface area contributed by atoms with E-state index in [0.29, 0.717) is 27.8 Å². The normalized spacial score (nSPS) is 12.6. The maximum atomic E-state index is 12.7. The lowest BCUT2D eigenvalue weighted by Crippen LogP contribution is -2.00. The van der Waals surface area contributed by atoms with Crippen LogP contribution in [0, 0.1) is 0 Å². The Morgan fingerprint density at radius 3 is 3.00 bits per heavy atom. The molecule has 0 amide bonds. The Morgan fingerprint density at radius 2 is 2.14 bits per heavy atom. The van der Waals surface area contributed by atoms with Crippen molar-refractivity contribution in [3.05, 3.63) is 52.5 Å². The van der Waals surface area contributed by atoms with Gasteiger partial charge in [-0.2, -0.15) is 0 Å². The molecule has 0 radical (unpaired) electrons. The third kappa shape index (κ3) is 2.00. The number of imidazole rings is 1. The first-order chi connectivity index (χ1) is 10.3. The van der Waals surface area contributed by atoms with Crippen LogP contribution in [0.1, 0.15) is 15.2 Å². The van der Waals surface area contributed by atoms with Crippen LogP contribution in [-0.4, -0.2) is 22.5 Å². The molecule has 6 heteroatoms. The smallest absolute Gasteiger partial charge is 0.231 e. The summed E-state index contributed by atoms with van der Waals surface area (Å²) in [5.41, 5.74) is 1.39. The zero-order valence-electron chi connectivity index (χ0n) is 10.8. The molecule has 21 heavy (non-hydrogen) atoms. The summed E-state index contributed by atoms with van der Waals surface area (Å²) in [6, 6.07) is 7.12. The average Bonchev–Trinajstić information content (AvgIpc) is 3.24. The molecule has 1 N–H and O–H groups in total. The first-order valence-corrected chi connectivity index (χ1v) is 7.22. The predicted octanol–water partition coefficient (Wildman–Crippen LogP) is 3.10. The van der Waals surface area contributed by atoms with Gasteiger partial charge in [-0.25, -0.2) is 4.98 Å². The van der Waals surface area contributed by atoms with Crippen molar-refractivity contribution in [1.82, 2.24) is 9.97 Å². The Bertz CT molecular complexity index is 808. The first kappa shape index (κ1) is 12.2. The summed E-state index contributed by atoms with van der Waals surface area (Å²) in [6.45, 7) is 0.198. The van der Waals surface area contributed by atoms with E-state index in [2.05, 4.69) is 9.97 Å². The van der Waals surface area contributed by atoms with Gasteiger partial charge in [-0.15, -0.1) is 11.3 Å². The number of nitrogens with zero attached hydrogens (tertiary/aromatic N) is 1. The molecule has 104 valence electrons. The number of nitrogens with one attached hydrogen (secondary N) is 1. The van der Waals surface area contributed by atoms with Crippen LogP contribution in [0.2, 0.25) is 0 Å². The predicted molar refractivity (Wildman–Crippen MR) is 77.9 cm³/mol. The number of carbonyl (C=O) groups excluding carboxylic acids is 1. The molecule has 1 aliphatic rings. The van der Waals surface area contributed by atoms with E-state index < -0.39 is 0 Å². The molecule has 0 unspecified atom stereocenters. The third-order valence-corrected chi connectivity index (χ3v) is 4.17. The zero-order valence-corrected chi connectivity index (χ0v) is 11.6. The Balaban J connectivity index is 1.74. The summed E-state index contributed by atoms with van der Waals surface area (Å²) < 4.78 is 10.6. The van der Waals surface area contributed by atoms with Gasteiger partial charge in [0.05, 0.1) is 4.88 Å². The maximum Gasteiger partial charge on any atom is 0.231 e. The first-order valence-electron chi connectivity index (χ1n) is 6.34. The second kappa shape index (κ2) is 4.75. The molecule has 0 aliphatic carbocycles. The van der Waals surface area contributed by atoms with Gasteiger partial charge in [0.1, 0.15) is 5.82 Å². The topological polar surface area (TPSA) is 64.2 Å². The molecule has 3 aromatic rings. The summed E-state index contributed by atoms with van der Waals surface area (Å²) in [5.74, 6) is 1.93. The number of rotatable bonds is 3. The molecule has 0 atom stereocenters. The Hall–Kier alpha value is -2.60. The fraction of sp³-hybridized carbons (Fsp3) is 0.0667. The summed E-state index contributed by atoms with van der Waals surface area (Å²) in [5, 5.41) is 1.89. The third-order valence-electron chi connectivity index (χ3n) is 3.26. The maximum absolute atomic E-state index is 12.7. The van der Waals surface area contributed by atoms with Crippen molar-refractivity contribution >= 4 is 17.1 Å². The second-order valence-corrected chi connectivity index (χ2v) is 5.41. The van der Waals surface area contributed by atoms with E-state index in [1.807, 2.05) is 11.4 Å². The number of hydrogen-bond acceptors (Lipinski definition) is 5. The van der Waals surface area contributed by atoms with Gasteiger partial charge >= 0.3 is 0 Å². The monoisotopic (exact) mass is 298 g/mol. The standard InChI is InChI=1S/C15H10N2O3S/c18-13(9-1-2-11-12(7-9)20-8-19-11)14-10(3-6-21-14)15-16-4-5-17-15/h1-7H,8H2,(H,16,17). The van der Waals surface area contributed by atoms with Gasteiger partial charge in [0.2, 0.25) is 12.6 Å². The number of fused-ring (bicyclic) bond motifs is 1. The minimum Gasteiger partial charge on any atom is -0.454 e. The van der Waals surface area contributed by atoms with Crippen molar-refractivity contribution in [3.8, 4) is 22.9 Å². The second-order valence-electron chi connectivity index (χ2n) is 4.50. The highest BCUT2D eigenvalue weighted by atomic mass is 32.1. The highest BCUT2D eigenvalue weighted by Gasteiger charge is 2.21. The number of hydrogen-bond donors (Lipinski definition) is 1. The van der Waals surface area contributed by atoms with Crippen molar-refractivity contribution in [3.63, 3.8) is 0 Å². The van der Waals surface area contributed by atoms with Crippen molar-refractivity contribution in [2.45, 2.75) is 0 Å². The van der Waals surface area contributed by atoms with Gasteiger partial charge in [0.15, 0.2) is 11.5 Å². The number of ketones is 1. The molecule has 0 fully saturated rings. The minimum atomic E-state index is -0.0466. The van der Waals surface area contributed by atoms with Crippen molar-refractivity contribution in [2.24, 2.45) is 0 Å². The summed E-state index contributed by atoms with van der Waals surface area (Å²) in [7, 11) is 0. The molecular formula is C15H10N2O3S. The molecule has 0 bridgehead atoms. The highest BCUT2D eigenvalue weighted by molar-refractivity contribution is 7.12. The van der Waals surface area contributed by atoms with E-state index in [0.717, 1.165) is 5.56 Å². The van der Waals surface area contributed by atoms with Crippen LogP contribution in [0.15, 0.2) is 42.0 Å². The number of benzene rings is 1. The molecule has 3 heterocycles. The van der Waals surface area contributed by atoms with Crippen LogP contribution in [0.25, 0.3) is 11.4 Å². The molecule has 0 saturated carbocycles. The number of aromatic nitrogens is 2.